The first-order chi connectivity index (χ1) is 7.78. The Morgan fingerprint density at radius 2 is 2.25 bits per heavy atom. The molecule has 0 saturated heterocycles. The van der Waals surface area contributed by atoms with Gasteiger partial charge in [0.15, 0.2) is 0 Å². The van der Waals surface area contributed by atoms with E-state index >= 15 is 0 Å². The first kappa shape index (κ1) is 10.5. The number of furan rings is 1. The van der Waals surface area contributed by atoms with Gasteiger partial charge in [0.2, 0.25) is 5.95 Å². The summed E-state index contributed by atoms with van der Waals surface area (Å²) in [4.78, 5) is 8.50. The van der Waals surface area contributed by atoms with Crippen molar-refractivity contribution in [1.29, 1.82) is 0 Å². The van der Waals surface area contributed by atoms with E-state index in [9.17, 15) is 0 Å². The van der Waals surface area contributed by atoms with Gasteiger partial charge in [0.05, 0.1) is 12.5 Å². The predicted octanol–water partition coefficient (Wildman–Crippen LogP) is 2.03. The highest BCUT2D eigenvalue weighted by Gasteiger charge is 2.00. The van der Waals surface area contributed by atoms with E-state index in [0.29, 0.717) is 12.5 Å². The number of aromatic nitrogens is 2. The van der Waals surface area contributed by atoms with E-state index < -0.39 is 0 Å². The number of aryl methyl sites for hydroxylation is 1. The van der Waals surface area contributed by atoms with Crippen LogP contribution in [0.2, 0.25) is 0 Å². The summed E-state index contributed by atoms with van der Waals surface area (Å²) in [5.74, 6) is 1.42. The highest BCUT2D eigenvalue weighted by atomic mass is 16.3. The Hall–Kier alpha value is -2.04. The molecule has 0 bridgehead atoms. The van der Waals surface area contributed by atoms with Gasteiger partial charge in [-0.2, -0.15) is 4.98 Å². The van der Waals surface area contributed by atoms with Crippen molar-refractivity contribution in [3.8, 4) is 0 Å². The molecule has 0 fully saturated rings. The normalized spacial score (nSPS) is 10.1. The molecular formula is C11H14N4O. The van der Waals surface area contributed by atoms with Gasteiger partial charge in [-0.05, 0) is 13.0 Å². The third kappa shape index (κ3) is 2.50. The smallest absolute Gasteiger partial charge is 0.224 e. The van der Waals surface area contributed by atoms with Crippen LogP contribution in [-0.2, 0) is 6.54 Å². The van der Waals surface area contributed by atoms with Gasteiger partial charge in [0.1, 0.15) is 5.82 Å². The molecule has 5 heteroatoms. The van der Waals surface area contributed by atoms with Crippen LogP contribution >= 0.6 is 0 Å². The zero-order valence-corrected chi connectivity index (χ0v) is 9.32. The molecule has 5 nitrogen and oxygen atoms in total. The van der Waals surface area contributed by atoms with Crippen LogP contribution in [0.4, 0.5) is 11.8 Å². The van der Waals surface area contributed by atoms with Crippen LogP contribution in [0.15, 0.2) is 29.1 Å². The van der Waals surface area contributed by atoms with E-state index in [4.69, 9.17) is 4.42 Å². The molecule has 0 spiro atoms. The van der Waals surface area contributed by atoms with Crippen molar-refractivity contribution in [3.63, 3.8) is 0 Å². The minimum Gasteiger partial charge on any atom is -0.472 e. The Morgan fingerprint density at radius 1 is 1.38 bits per heavy atom. The Kier molecular flexibility index (Phi) is 3.05. The number of nitrogens with one attached hydrogen (secondary N) is 2. The molecule has 0 aromatic carbocycles. The van der Waals surface area contributed by atoms with E-state index in [2.05, 4.69) is 20.6 Å². The molecule has 0 unspecified atom stereocenters. The highest BCUT2D eigenvalue weighted by Crippen LogP contribution is 2.10. The van der Waals surface area contributed by atoms with E-state index in [1.54, 1.807) is 19.6 Å². The average Bonchev–Trinajstić information content (AvgIpc) is 2.78. The van der Waals surface area contributed by atoms with Crippen molar-refractivity contribution in [2.45, 2.75) is 13.5 Å². The minimum absolute atomic E-state index is 0.620. The maximum Gasteiger partial charge on any atom is 0.224 e. The minimum atomic E-state index is 0.620. The van der Waals surface area contributed by atoms with E-state index in [0.717, 1.165) is 17.1 Å². The number of nitrogens with zero attached hydrogens (tertiary/aromatic N) is 2. The topological polar surface area (TPSA) is 63.0 Å². The highest BCUT2D eigenvalue weighted by molar-refractivity contribution is 5.42. The van der Waals surface area contributed by atoms with Crippen LogP contribution in [-0.4, -0.2) is 17.0 Å². The second kappa shape index (κ2) is 4.65. The van der Waals surface area contributed by atoms with Gasteiger partial charge >= 0.3 is 0 Å². The van der Waals surface area contributed by atoms with Crippen LogP contribution in [0.25, 0.3) is 0 Å². The summed E-state index contributed by atoms with van der Waals surface area (Å²) in [6.07, 6.45) is 3.36. The second-order valence-electron chi connectivity index (χ2n) is 3.45. The van der Waals surface area contributed by atoms with E-state index in [-0.39, 0.29) is 0 Å². The summed E-state index contributed by atoms with van der Waals surface area (Å²) in [5, 5.41) is 6.13. The van der Waals surface area contributed by atoms with Crippen molar-refractivity contribution >= 4 is 11.8 Å². The van der Waals surface area contributed by atoms with Crippen molar-refractivity contribution in [3.05, 3.63) is 35.9 Å². The molecule has 0 saturated carbocycles. The largest absolute Gasteiger partial charge is 0.472 e. The molecule has 84 valence electrons. The third-order valence-corrected chi connectivity index (χ3v) is 2.13. The number of hydrogen-bond acceptors (Lipinski definition) is 5. The van der Waals surface area contributed by atoms with Gasteiger partial charge in [-0.1, -0.05) is 0 Å². The quantitative estimate of drug-likeness (QED) is 0.822. The molecule has 0 aliphatic carbocycles. The van der Waals surface area contributed by atoms with Crippen LogP contribution < -0.4 is 10.6 Å². The average molecular weight is 218 g/mol. The fourth-order valence-electron chi connectivity index (χ4n) is 1.36. The van der Waals surface area contributed by atoms with Crippen molar-refractivity contribution < 1.29 is 4.42 Å². The van der Waals surface area contributed by atoms with Crippen LogP contribution in [0.1, 0.15) is 11.3 Å². The maximum atomic E-state index is 4.99. The molecule has 2 aromatic heterocycles. The van der Waals surface area contributed by atoms with E-state index in [1.165, 1.54) is 0 Å². The van der Waals surface area contributed by atoms with Gasteiger partial charge in [-0.25, -0.2) is 4.98 Å². The zero-order valence-electron chi connectivity index (χ0n) is 9.32. The van der Waals surface area contributed by atoms with Crippen LogP contribution in [0.3, 0.4) is 0 Å². The lowest BCUT2D eigenvalue weighted by Gasteiger charge is -2.06. The molecule has 2 heterocycles. The van der Waals surface area contributed by atoms with Gasteiger partial charge in [0, 0.05) is 30.9 Å². The first-order valence-corrected chi connectivity index (χ1v) is 5.06. The molecule has 0 atom stereocenters. The number of hydrogen-bond donors (Lipinski definition) is 2. The summed E-state index contributed by atoms with van der Waals surface area (Å²) in [6.45, 7) is 2.63. The lowest BCUT2D eigenvalue weighted by Crippen LogP contribution is -2.04. The Bertz CT molecular complexity index is 453. The van der Waals surface area contributed by atoms with Gasteiger partial charge in [-0.15, -0.1) is 0 Å². The number of anilines is 2. The fourth-order valence-corrected chi connectivity index (χ4v) is 1.36. The van der Waals surface area contributed by atoms with Crippen LogP contribution in [0.5, 0.6) is 0 Å². The molecule has 0 radical (unpaired) electrons. The summed E-state index contributed by atoms with van der Waals surface area (Å²) in [7, 11) is 1.80. The fraction of sp³-hybridized carbons (Fsp3) is 0.273. The summed E-state index contributed by atoms with van der Waals surface area (Å²) >= 11 is 0. The molecule has 2 rings (SSSR count). The Morgan fingerprint density at radius 3 is 2.94 bits per heavy atom. The lowest BCUT2D eigenvalue weighted by molar-refractivity contribution is 0.564. The Balaban J connectivity index is 2.06. The predicted molar refractivity (Wildman–Crippen MR) is 62.4 cm³/mol. The zero-order chi connectivity index (χ0) is 11.4. The summed E-state index contributed by atoms with van der Waals surface area (Å²) < 4.78 is 4.99. The van der Waals surface area contributed by atoms with Crippen molar-refractivity contribution in [1.82, 2.24) is 9.97 Å². The first-order valence-electron chi connectivity index (χ1n) is 5.06. The maximum absolute atomic E-state index is 4.99. The monoisotopic (exact) mass is 218 g/mol. The molecule has 2 N–H and O–H groups in total. The molecular weight excluding hydrogens is 204 g/mol. The molecule has 0 amide bonds. The molecule has 0 aliphatic rings. The standard InChI is InChI=1S/C11H14N4O/c1-8-5-10(15-11(12-2)14-8)13-6-9-3-4-16-7-9/h3-5,7H,6H2,1-2H3,(H2,12,13,14,15). The number of rotatable bonds is 4. The summed E-state index contributed by atoms with van der Waals surface area (Å²) in [5.41, 5.74) is 2.01. The molecule has 16 heavy (non-hydrogen) atoms. The van der Waals surface area contributed by atoms with Crippen LogP contribution in [0, 0.1) is 6.92 Å². The Labute approximate surface area is 93.9 Å². The lowest BCUT2D eigenvalue weighted by atomic mass is 10.3. The molecule has 0 aliphatic heterocycles. The van der Waals surface area contributed by atoms with Crippen molar-refractivity contribution in [2.24, 2.45) is 0 Å². The van der Waals surface area contributed by atoms with Gasteiger partial charge in [0.25, 0.3) is 0 Å². The van der Waals surface area contributed by atoms with E-state index in [1.807, 2.05) is 19.1 Å². The second-order valence-corrected chi connectivity index (χ2v) is 3.45. The SMILES string of the molecule is CNc1nc(C)cc(NCc2ccoc2)n1. The third-order valence-electron chi connectivity index (χ3n) is 2.13. The van der Waals surface area contributed by atoms with Gasteiger partial charge in [-0.3, -0.25) is 0 Å². The molecule has 2 aromatic rings. The summed E-state index contributed by atoms with van der Waals surface area (Å²) in [6, 6.07) is 3.82. The van der Waals surface area contributed by atoms with Gasteiger partial charge < -0.3 is 15.1 Å². The van der Waals surface area contributed by atoms with Crippen molar-refractivity contribution in [2.75, 3.05) is 17.7 Å².